The minimum atomic E-state index is -1.02. The molecule has 88 valence electrons. The Hall–Kier alpha value is -1.43. The summed E-state index contributed by atoms with van der Waals surface area (Å²) in [6, 6.07) is -0.869. The lowest BCUT2D eigenvalue weighted by Gasteiger charge is -2.17. The summed E-state index contributed by atoms with van der Waals surface area (Å²) in [6.07, 6.45) is 0. The minimum Gasteiger partial charge on any atom is -0.480 e. The van der Waals surface area contributed by atoms with Gasteiger partial charge in [0.05, 0.1) is 11.3 Å². The van der Waals surface area contributed by atoms with Crippen molar-refractivity contribution in [2.45, 2.75) is 26.8 Å². The molecule has 0 aliphatic rings. The first-order chi connectivity index (χ1) is 7.43. The van der Waals surface area contributed by atoms with Crippen molar-refractivity contribution >= 4 is 23.4 Å². The molecule has 1 aromatic heterocycles. The van der Waals surface area contributed by atoms with E-state index in [-0.39, 0.29) is 11.8 Å². The fourth-order valence-corrected chi connectivity index (χ4v) is 1.94. The van der Waals surface area contributed by atoms with Crippen molar-refractivity contribution in [2.24, 2.45) is 5.92 Å². The molecule has 1 amide bonds. The van der Waals surface area contributed by atoms with E-state index in [9.17, 15) is 9.59 Å². The SMILES string of the molecule is Cc1nscc1C(=O)N[C@@H](C(=O)O)C(C)C. The molecule has 0 fully saturated rings. The van der Waals surface area contributed by atoms with Crippen LogP contribution >= 0.6 is 11.5 Å². The zero-order valence-electron chi connectivity index (χ0n) is 9.35. The summed E-state index contributed by atoms with van der Waals surface area (Å²) in [5.41, 5.74) is 1.06. The predicted molar refractivity (Wildman–Crippen MR) is 60.6 cm³/mol. The van der Waals surface area contributed by atoms with E-state index < -0.39 is 12.0 Å². The van der Waals surface area contributed by atoms with Crippen LogP contribution in [-0.4, -0.2) is 27.4 Å². The Kier molecular flexibility index (Phi) is 4.00. The highest BCUT2D eigenvalue weighted by atomic mass is 32.1. The van der Waals surface area contributed by atoms with Gasteiger partial charge in [-0.15, -0.1) is 0 Å². The van der Waals surface area contributed by atoms with Gasteiger partial charge >= 0.3 is 5.97 Å². The number of hydrogen-bond acceptors (Lipinski definition) is 4. The summed E-state index contributed by atoms with van der Waals surface area (Å²) in [6.45, 7) is 5.21. The Morgan fingerprint density at radius 3 is 2.50 bits per heavy atom. The molecule has 0 aliphatic heterocycles. The van der Waals surface area contributed by atoms with Crippen LogP contribution < -0.4 is 5.32 Å². The van der Waals surface area contributed by atoms with E-state index in [1.165, 1.54) is 11.5 Å². The van der Waals surface area contributed by atoms with Gasteiger partial charge < -0.3 is 10.4 Å². The quantitative estimate of drug-likeness (QED) is 0.833. The van der Waals surface area contributed by atoms with Crippen molar-refractivity contribution in [1.82, 2.24) is 9.69 Å². The highest BCUT2D eigenvalue weighted by molar-refractivity contribution is 7.03. The Morgan fingerprint density at radius 2 is 2.12 bits per heavy atom. The molecule has 0 radical (unpaired) electrons. The van der Waals surface area contributed by atoms with Crippen molar-refractivity contribution in [1.29, 1.82) is 0 Å². The van der Waals surface area contributed by atoms with Gasteiger partial charge in [-0.3, -0.25) is 4.79 Å². The Balaban J connectivity index is 2.77. The van der Waals surface area contributed by atoms with Crippen LogP contribution in [0.1, 0.15) is 29.9 Å². The third kappa shape index (κ3) is 2.79. The Bertz CT molecular complexity index is 401. The number of carbonyl (C=O) groups is 2. The van der Waals surface area contributed by atoms with Crippen LogP contribution in [0.5, 0.6) is 0 Å². The van der Waals surface area contributed by atoms with E-state index in [4.69, 9.17) is 5.11 Å². The van der Waals surface area contributed by atoms with Gasteiger partial charge in [-0.05, 0) is 24.4 Å². The van der Waals surface area contributed by atoms with Gasteiger partial charge in [-0.2, -0.15) is 4.37 Å². The summed E-state index contributed by atoms with van der Waals surface area (Å²) in [5.74, 6) is -1.56. The average Bonchev–Trinajstić information content (AvgIpc) is 2.59. The van der Waals surface area contributed by atoms with Gasteiger partial charge in [0.1, 0.15) is 6.04 Å². The molecule has 0 saturated heterocycles. The molecular formula is C10H14N2O3S. The molecule has 16 heavy (non-hydrogen) atoms. The molecule has 1 atom stereocenters. The van der Waals surface area contributed by atoms with Gasteiger partial charge in [0, 0.05) is 5.38 Å². The highest BCUT2D eigenvalue weighted by Crippen LogP contribution is 2.10. The van der Waals surface area contributed by atoms with Crippen LogP contribution in [0.2, 0.25) is 0 Å². The van der Waals surface area contributed by atoms with E-state index >= 15 is 0 Å². The maximum Gasteiger partial charge on any atom is 0.326 e. The lowest BCUT2D eigenvalue weighted by Crippen LogP contribution is -2.44. The van der Waals surface area contributed by atoms with Crippen LogP contribution in [0.25, 0.3) is 0 Å². The third-order valence-electron chi connectivity index (χ3n) is 2.21. The standard InChI is InChI=1S/C10H14N2O3S/c1-5(2)8(10(14)15)11-9(13)7-4-16-12-6(7)3/h4-5,8H,1-3H3,(H,11,13)(H,14,15)/t8-/m1/s1. The van der Waals surface area contributed by atoms with Crippen molar-refractivity contribution in [2.75, 3.05) is 0 Å². The summed E-state index contributed by atoms with van der Waals surface area (Å²) >= 11 is 1.18. The fourth-order valence-electron chi connectivity index (χ4n) is 1.24. The van der Waals surface area contributed by atoms with Crippen molar-refractivity contribution in [3.63, 3.8) is 0 Å². The Labute approximate surface area is 97.7 Å². The van der Waals surface area contributed by atoms with Gasteiger partial charge in [0.2, 0.25) is 0 Å². The monoisotopic (exact) mass is 242 g/mol. The highest BCUT2D eigenvalue weighted by Gasteiger charge is 2.24. The number of rotatable bonds is 4. The van der Waals surface area contributed by atoms with E-state index in [2.05, 4.69) is 9.69 Å². The molecule has 0 aliphatic carbocycles. The molecule has 6 heteroatoms. The largest absolute Gasteiger partial charge is 0.480 e. The van der Waals surface area contributed by atoms with Gasteiger partial charge in [-0.25, -0.2) is 4.79 Å². The fraction of sp³-hybridized carbons (Fsp3) is 0.500. The van der Waals surface area contributed by atoms with Crippen LogP contribution in [0.4, 0.5) is 0 Å². The summed E-state index contributed by atoms with van der Waals surface area (Å²) in [5, 5.41) is 13.0. The van der Waals surface area contributed by atoms with Crippen molar-refractivity contribution in [3.8, 4) is 0 Å². The number of nitrogens with one attached hydrogen (secondary N) is 1. The van der Waals surface area contributed by atoms with E-state index in [1.807, 2.05) is 0 Å². The summed E-state index contributed by atoms with van der Waals surface area (Å²) in [7, 11) is 0. The van der Waals surface area contributed by atoms with Crippen LogP contribution in [0.15, 0.2) is 5.38 Å². The molecule has 1 heterocycles. The molecule has 0 aromatic carbocycles. The van der Waals surface area contributed by atoms with Crippen LogP contribution in [-0.2, 0) is 4.79 Å². The zero-order chi connectivity index (χ0) is 12.3. The molecule has 5 nitrogen and oxygen atoms in total. The molecule has 0 saturated carbocycles. The second kappa shape index (κ2) is 5.07. The number of carboxylic acid groups (broad SMARTS) is 1. The Morgan fingerprint density at radius 1 is 1.50 bits per heavy atom. The molecule has 0 spiro atoms. The number of aliphatic carboxylic acids is 1. The maximum absolute atomic E-state index is 11.7. The lowest BCUT2D eigenvalue weighted by atomic mass is 10.0. The minimum absolute atomic E-state index is 0.159. The first-order valence-electron chi connectivity index (χ1n) is 4.88. The number of aryl methyl sites for hydroxylation is 1. The number of amides is 1. The summed E-state index contributed by atoms with van der Waals surface area (Å²) in [4.78, 5) is 22.6. The van der Waals surface area contributed by atoms with Gasteiger partial charge in [-0.1, -0.05) is 13.8 Å². The normalized spacial score (nSPS) is 12.5. The topological polar surface area (TPSA) is 79.3 Å². The second-order valence-electron chi connectivity index (χ2n) is 3.85. The van der Waals surface area contributed by atoms with E-state index in [0.717, 1.165) is 0 Å². The van der Waals surface area contributed by atoms with Gasteiger partial charge in [0.25, 0.3) is 5.91 Å². The molecule has 0 unspecified atom stereocenters. The smallest absolute Gasteiger partial charge is 0.326 e. The lowest BCUT2D eigenvalue weighted by molar-refractivity contribution is -0.140. The first-order valence-corrected chi connectivity index (χ1v) is 5.71. The van der Waals surface area contributed by atoms with Gasteiger partial charge in [0.15, 0.2) is 0 Å². The average molecular weight is 242 g/mol. The molecule has 2 N–H and O–H groups in total. The number of carbonyl (C=O) groups excluding carboxylic acids is 1. The zero-order valence-corrected chi connectivity index (χ0v) is 10.2. The number of aromatic nitrogens is 1. The number of nitrogens with zero attached hydrogens (tertiary/aromatic N) is 1. The molecule has 1 rings (SSSR count). The first kappa shape index (κ1) is 12.6. The number of carboxylic acids is 1. The number of hydrogen-bond donors (Lipinski definition) is 2. The van der Waals surface area contributed by atoms with Crippen LogP contribution in [0.3, 0.4) is 0 Å². The third-order valence-corrected chi connectivity index (χ3v) is 2.93. The van der Waals surface area contributed by atoms with Crippen molar-refractivity contribution < 1.29 is 14.7 Å². The van der Waals surface area contributed by atoms with Crippen LogP contribution in [0, 0.1) is 12.8 Å². The second-order valence-corrected chi connectivity index (χ2v) is 4.48. The molecule has 0 bridgehead atoms. The predicted octanol–water partition coefficient (Wildman–Crippen LogP) is 1.29. The molecule has 1 aromatic rings. The maximum atomic E-state index is 11.7. The van der Waals surface area contributed by atoms with E-state index in [0.29, 0.717) is 11.3 Å². The summed E-state index contributed by atoms with van der Waals surface area (Å²) < 4.78 is 3.97. The molecular weight excluding hydrogens is 228 g/mol. The van der Waals surface area contributed by atoms with Crippen molar-refractivity contribution in [3.05, 3.63) is 16.6 Å². The van der Waals surface area contributed by atoms with E-state index in [1.54, 1.807) is 26.2 Å².